The van der Waals surface area contributed by atoms with Gasteiger partial charge in [-0.05, 0) is 37.7 Å². The minimum absolute atomic E-state index is 0.255. The third kappa shape index (κ3) is 4.38. The van der Waals surface area contributed by atoms with E-state index in [0.29, 0.717) is 18.7 Å². The van der Waals surface area contributed by atoms with Crippen LogP contribution in [0.15, 0.2) is 18.2 Å². The fraction of sp³-hybridized carbons (Fsp3) is 0.417. The van der Waals surface area contributed by atoms with Gasteiger partial charge in [0.05, 0.1) is 6.10 Å². The van der Waals surface area contributed by atoms with Gasteiger partial charge in [0.15, 0.2) is 0 Å². The molecule has 1 aromatic rings. The standard InChI is InChI=1S/C12H17FN2OS/c1-8(16)6-15(2)7-9-5-10(13)3-4-11(9)12(14)17/h3-5,8,16H,6-7H2,1-2H3,(H2,14,17). The van der Waals surface area contributed by atoms with E-state index in [2.05, 4.69) is 0 Å². The minimum atomic E-state index is -0.429. The number of hydrogen-bond acceptors (Lipinski definition) is 3. The second kappa shape index (κ2) is 6.05. The Morgan fingerprint density at radius 2 is 2.24 bits per heavy atom. The van der Waals surface area contributed by atoms with E-state index in [1.54, 1.807) is 13.0 Å². The van der Waals surface area contributed by atoms with Crippen molar-refractivity contribution in [3.8, 4) is 0 Å². The van der Waals surface area contributed by atoms with Gasteiger partial charge in [0.25, 0.3) is 0 Å². The molecule has 3 N–H and O–H groups in total. The van der Waals surface area contributed by atoms with Crippen LogP contribution in [0.2, 0.25) is 0 Å². The van der Waals surface area contributed by atoms with Crippen LogP contribution in [0.1, 0.15) is 18.1 Å². The molecule has 0 spiro atoms. The Kier molecular flexibility index (Phi) is 4.99. The number of benzene rings is 1. The van der Waals surface area contributed by atoms with E-state index in [0.717, 1.165) is 5.56 Å². The molecule has 0 fully saturated rings. The molecule has 1 aromatic carbocycles. The van der Waals surface area contributed by atoms with Crippen molar-refractivity contribution in [1.82, 2.24) is 4.90 Å². The summed E-state index contributed by atoms with van der Waals surface area (Å²) in [6, 6.07) is 4.35. The van der Waals surface area contributed by atoms with Crippen LogP contribution < -0.4 is 5.73 Å². The van der Waals surface area contributed by atoms with Crippen molar-refractivity contribution >= 4 is 17.2 Å². The minimum Gasteiger partial charge on any atom is -0.392 e. The molecule has 0 aromatic heterocycles. The van der Waals surface area contributed by atoms with E-state index >= 15 is 0 Å². The molecule has 0 saturated carbocycles. The molecule has 0 aliphatic carbocycles. The number of nitrogens with zero attached hydrogens (tertiary/aromatic N) is 1. The lowest BCUT2D eigenvalue weighted by Crippen LogP contribution is -2.28. The summed E-state index contributed by atoms with van der Waals surface area (Å²) in [5, 5.41) is 9.27. The van der Waals surface area contributed by atoms with Gasteiger partial charge in [0, 0.05) is 18.7 Å². The number of nitrogens with two attached hydrogens (primary N) is 1. The summed E-state index contributed by atoms with van der Waals surface area (Å²) < 4.78 is 13.2. The molecule has 3 nitrogen and oxygen atoms in total. The van der Waals surface area contributed by atoms with Gasteiger partial charge in [-0.25, -0.2) is 4.39 Å². The predicted molar refractivity (Wildman–Crippen MR) is 70.3 cm³/mol. The van der Waals surface area contributed by atoms with Gasteiger partial charge in [0.2, 0.25) is 0 Å². The maximum Gasteiger partial charge on any atom is 0.123 e. The fourth-order valence-corrected chi connectivity index (χ4v) is 1.94. The lowest BCUT2D eigenvalue weighted by Gasteiger charge is -2.20. The predicted octanol–water partition coefficient (Wildman–Crippen LogP) is 1.27. The Bertz CT molecular complexity index is 409. The summed E-state index contributed by atoms with van der Waals surface area (Å²) >= 11 is 4.92. The molecule has 0 bridgehead atoms. The molecule has 0 aliphatic rings. The Hall–Kier alpha value is -1.04. The third-order valence-electron chi connectivity index (χ3n) is 2.35. The maximum absolute atomic E-state index is 13.2. The Morgan fingerprint density at radius 1 is 1.59 bits per heavy atom. The van der Waals surface area contributed by atoms with E-state index in [1.165, 1.54) is 12.1 Å². The molecule has 1 unspecified atom stereocenters. The van der Waals surface area contributed by atoms with E-state index in [4.69, 9.17) is 18.0 Å². The number of aliphatic hydroxyl groups is 1. The maximum atomic E-state index is 13.2. The summed E-state index contributed by atoms with van der Waals surface area (Å²) in [4.78, 5) is 2.15. The van der Waals surface area contributed by atoms with Gasteiger partial charge in [0.1, 0.15) is 10.8 Å². The first kappa shape index (κ1) is 14.0. The largest absolute Gasteiger partial charge is 0.392 e. The number of halogens is 1. The lowest BCUT2D eigenvalue weighted by molar-refractivity contribution is 0.138. The van der Waals surface area contributed by atoms with Gasteiger partial charge in [-0.3, -0.25) is 4.90 Å². The van der Waals surface area contributed by atoms with E-state index in [1.807, 2.05) is 11.9 Å². The molecule has 1 atom stereocenters. The molecule has 0 saturated heterocycles. The Labute approximate surface area is 106 Å². The van der Waals surface area contributed by atoms with Crippen LogP contribution in [0, 0.1) is 5.82 Å². The van der Waals surface area contributed by atoms with Gasteiger partial charge < -0.3 is 10.8 Å². The molecule has 0 amide bonds. The van der Waals surface area contributed by atoms with E-state index < -0.39 is 6.10 Å². The number of thiocarbonyl (C=S) groups is 1. The zero-order valence-corrected chi connectivity index (χ0v) is 10.8. The van der Waals surface area contributed by atoms with Crippen LogP contribution in [0.3, 0.4) is 0 Å². The molecular formula is C12H17FN2OS. The fourth-order valence-electron chi connectivity index (χ4n) is 1.74. The number of rotatable bonds is 5. The number of aliphatic hydroxyl groups excluding tert-OH is 1. The van der Waals surface area contributed by atoms with Crippen molar-refractivity contribution in [1.29, 1.82) is 0 Å². The van der Waals surface area contributed by atoms with Crippen molar-refractivity contribution in [3.05, 3.63) is 35.1 Å². The molecule has 94 valence electrons. The third-order valence-corrected chi connectivity index (χ3v) is 2.57. The average molecular weight is 256 g/mol. The molecular weight excluding hydrogens is 239 g/mol. The van der Waals surface area contributed by atoms with E-state index in [-0.39, 0.29) is 10.8 Å². The SMILES string of the molecule is CC(O)CN(C)Cc1cc(F)ccc1C(N)=S. The highest BCUT2D eigenvalue weighted by molar-refractivity contribution is 7.80. The van der Waals surface area contributed by atoms with Crippen LogP contribution in [-0.2, 0) is 6.54 Å². The van der Waals surface area contributed by atoms with Crippen LogP contribution in [0.25, 0.3) is 0 Å². The molecule has 0 aliphatic heterocycles. The van der Waals surface area contributed by atoms with Gasteiger partial charge in [-0.15, -0.1) is 0 Å². The Balaban J connectivity index is 2.88. The first-order valence-electron chi connectivity index (χ1n) is 5.35. The summed E-state index contributed by atoms with van der Waals surface area (Å²) in [5.74, 6) is -0.314. The van der Waals surface area contributed by atoms with Crippen LogP contribution >= 0.6 is 12.2 Å². The average Bonchev–Trinajstić information content (AvgIpc) is 2.15. The number of likely N-dealkylation sites (N-methyl/N-ethyl adjacent to an activating group) is 1. The molecule has 0 heterocycles. The molecule has 1 rings (SSSR count). The highest BCUT2D eigenvalue weighted by Crippen LogP contribution is 2.13. The Morgan fingerprint density at radius 3 is 2.76 bits per heavy atom. The first-order valence-corrected chi connectivity index (χ1v) is 5.76. The van der Waals surface area contributed by atoms with Gasteiger partial charge in [-0.2, -0.15) is 0 Å². The molecule has 5 heteroatoms. The molecule has 0 radical (unpaired) electrons. The summed E-state index contributed by atoms with van der Waals surface area (Å²) in [5.41, 5.74) is 7.00. The number of hydrogen-bond donors (Lipinski definition) is 2. The summed E-state index contributed by atoms with van der Waals surface area (Å²) in [6.45, 7) is 2.71. The van der Waals surface area contributed by atoms with Crippen LogP contribution in [0.5, 0.6) is 0 Å². The van der Waals surface area contributed by atoms with Crippen LogP contribution in [0.4, 0.5) is 4.39 Å². The van der Waals surface area contributed by atoms with Crippen molar-refractivity contribution in [2.45, 2.75) is 19.6 Å². The second-order valence-corrected chi connectivity index (χ2v) is 4.65. The van der Waals surface area contributed by atoms with Crippen molar-refractivity contribution in [2.75, 3.05) is 13.6 Å². The normalized spacial score (nSPS) is 12.8. The lowest BCUT2D eigenvalue weighted by atomic mass is 10.1. The topological polar surface area (TPSA) is 49.5 Å². The highest BCUT2D eigenvalue weighted by atomic mass is 32.1. The van der Waals surface area contributed by atoms with Crippen molar-refractivity contribution in [2.24, 2.45) is 5.73 Å². The highest BCUT2D eigenvalue weighted by Gasteiger charge is 2.10. The van der Waals surface area contributed by atoms with Gasteiger partial charge in [-0.1, -0.05) is 12.2 Å². The van der Waals surface area contributed by atoms with Crippen LogP contribution in [-0.4, -0.2) is 34.7 Å². The first-order chi connectivity index (χ1) is 7.90. The van der Waals surface area contributed by atoms with Crippen molar-refractivity contribution < 1.29 is 9.50 Å². The van der Waals surface area contributed by atoms with E-state index in [9.17, 15) is 9.50 Å². The summed E-state index contributed by atoms with van der Waals surface area (Å²) in [6.07, 6.45) is -0.429. The smallest absolute Gasteiger partial charge is 0.123 e. The molecule has 17 heavy (non-hydrogen) atoms. The summed E-state index contributed by atoms with van der Waals surface area (Å²) in [7, 11) is 1.85. The zero-order valence-electron chi connectivity index (χ0n) is 9.98. The van der Waals surface area contributed by atoms with Crippen molar-refractivity contribution in [3.63, 3.8) is 0 Å². The zero-order chi connectivity index (χ0) is 13.0. The quantitative estimate of drug-likeness (QED) is 0.779. The van der Waals surface area contributed by atoms with Gasteiger partial charge >= 0.3 is 0 Å². The monoisotopic (exact) mass is 256 g/mol. The second-order valence-electron chi connectivity index (χ2n) is 4.21.